The fraction of sp³-hybridized carbons (Fsp3) is 0.421. The van der Waals surface area contributed by atoms with Crippen LogP contribution in [0, 0.1) is 0 Å². The number of rotatable bonds is 7. The lowest BCUT2D eigenvalue weighted by molar-refractivity contribution is 0.0768. The first-order valence-corrected chi connectivity index (χ1v) is 8.24. The molecule has 1 saturated heterocycles. The molecule has 1 aliphatic heterocycles. The SMILES string of the molecule is CN1CCC1COc1cncc(-c2ccc(CCCO)cc2)c1. The van der Waals surface area contributed by atoms with Crippen LogP contribution in [-0.4, -0.2) is 47.8 Å². The lowest BCUT2D eigenvalue weighted by Gasteiger charge is -2.37. The van der Waals surface area contributed by atoms with Crippen LogP contribution >= 0.6 is 0 Å². The number of aliphatic hydroxyl groups excluding tert-OH is 1. The molecule has 2 aromatic rings. The summed E-state index contributed by atoms with van der Waals surface area (Å²) < 4.78 is 5.89. The maximum absolute atomic E-state index is 8.89. The van der Waals surface area contributed by atoms with Gasteiger partial charge in [0.25, 0.3) is 0 Å². The summed E-state index contributed by atoms with van der Waals surface area (Å²) in [6, 6.07) is 11.0. The van der Waals surface area contributed by atoms with Crippen molar-refractivity contribution in [2.24, 2.45) is 0 Å². The van der Waals surface area contributed by atoms with Gasteiger partial charge in [-0.2, -0.15) is 0 Å². The van der Waals surface area contributed by atoms with Crippen molar-refractivity contribution < 1.29 is 9.84 Å². The maximum atomic E-state index is 8.89. The average Bonchev–Trinajstić information content (AvgIpc) is 2.59. The summed E-state index contributed by atoms with van der Waals surface area (Å²) >= 11 is 0. The van der Waals surface area contributed by atoms with E-state index in [0.29, 0.717) is 6.04 Å². The molecule has 0 amide bonds. The van der Waals surface area contributed by atoms with E-state index in [4.69, 9.17) is 9.84 Å². The number of aliphatic hydroxyl groups is 1. The van der Waals surface area contributed by atoms with E-state index >= 15 is 0 Å². The third-order valence-corrected chi connectivity index (χ3v) is 4.50. The molecule has 1 aliphatic rings. The highest BCUT2D eigenvalue weighted by Gasteiger charge is 2.24. The van der Waals surface area contributed by atoms with Gasteiger partial charge in [0.1, 0.15) is 12.4 Å². The second-order valence-electron chi connectivity index (χ2n) is 6.17. The lowest BCUT2D eigenvalue weighted by Crippen LogP contribution is -2.48. The van der Waals surface area contributed by atoms with Gasteiger partial charge in [-0.15, -0.1) is 0 Å². The number of hydrogen-bond acceptors (Lipinski definition) is 4. The highest BCUT2D eigenvalue weighted by molar-refractivity contribution is 5.64. The number of aryl methyl sites for hydroxylation is 1. The first kappa shape index (κ1) is 16.0. The van der Waals surface area contributed by atoms with E-state index in [1.54, 1.807) is 6.20 Å². The van der Waals surface area contributed by atoms with Gasteiger partial charge in [0.05, 0.1) is 6.20 Å². The van der Waals surface area contributed by atoms with Gasteiger partial charge >= 0.3 is 0 Å². The van der Waals surface area contributed by atoms with Crippen molar-refractivity contribution >= 4 is 0 Å². The molecule has 1 aromatic carbocycles. The minimum absolute atomic E-state index is 0.237. The molecule has 1 unspecified atom stereocenters. The van der Waals surface area contributed by atoms with Crippen molar-refractivity contribution in [2.45, 2.75) is 25.3 Å². The Hall–Kier alpha value is -1.91. The van der Waals surface area contributed by atoms with Gasteiger partial charge in [-0.05, 0) is 50.0 Å². The van der Waals surface area contributed by atoms with Crippen molar-refractivity contribution in [3.63, 3.8) is 0 Å². The molecule has 1 aromatic heterocycles. The molecule has 23 heavy (non-hydrogen) atoms. The van der Waals surface area contributed by atoms with Crippen LogP contribution in [0.1, 0.15) is 18.4 Å². The Balaban J connectivity index is 1.64. The molecule has 122 valence electrons. The molecule has 0 bridgehead atoms. The Morgan fingerprint density at radius 1 is 1.22 bits per heavy atom. The van der Waals surface area contributed by atoms with Crippen molar-refractivity contribution in [1.82, 2.24) is 9.88 Å². The van der Waals surface area contributed by atoms with Crippen molar-refractivity contribution in [3.8, 4) is 16.9 Å². The fourth-order valence-corrected chi connectivity index (χ4v) is 2.78. The van der Waals surface area contributed by atoms with Crippen LogP contribution in [0.15, 0.2) is 42.7 Å². The minimum atomic E-state index is 0.237. The smallest absolute Gasteiger partial charge is 0.138 e. The van der Waals surface area contributed by atoms with Crippen molar-refractivity contribution in [1.29, 1.82) is 0 Å². The van der Waals surface area contributed by atoms with Crippen LogP contribution in [-0.2, 0) is 6.42 Å². The van der Waals surface area contributed by atoms with Crippen molar-refractivity contribution in [3.05, 3.63) is 48.3 Å². The van der Waals surface area contributed by atoms with Crippen molar-refractivity contribution in [2.75, 3.05) is 26.8 Å². The topological polar surface area (TPSA) is 45.6 Å². The third kappa shape index (κ3) is 4.09. The van der Waals surface area contributed by atoms with E-state index < -0.39 is 0 Å². The molecule has 0 radical (unpaired) electrons. The first-order valence-electron chi connectivity index (χ1n) is 8.24. The summed E-state index contributed by atoms with van der Waals surface area (Å²) in [5.41, 5.74) is 3.45. The van der Waals surface area contributed by atoms with Crippen LogP contribution < -0.4 is 4.74 Å². The molecular weight excluding hydrogens is 288 g/mol. The molecule has 4 heteroatoms. The van der Waals surface area contributed by atoms with Gasteiger partial charge in [0.2, 0.25) is 0 Å². The van der Waals surface area contributed by atoms with Gasteiger partial charge < -0.3 is 9.84 Å². The zero-order chi connectivity index (χ0) is 16.1. The number of ether oxygens (including phenoxy) is 1. The van der Waals surface area contributed by atoms with Crippen LogP contribution in [0.2, 0.25) is 0 Å². The molecule has 1 fully saturated rings. The fourth-order valence-electron chi connectivity index (χ4n) is 2.78. The standard InChI is InChI=1S/C19H24N2O2/c1-21-9-8-18(21)14-23-19-11-17(12-20-13-19)16-6-4-15(5-7-16)3-2-10-22/h4-7,11-13,18,22H,2-3,8-10,14H2,1H3. The second-order valence-corrected chi connectivity index (χ2v) is 6.17. The number of nitrogens with zero attached hydrogens (tertiary/aromatic N) is 2. The van der Waals surface area contributed by atoms with E-state index in [2.05, 4.69) is 41.2 Å². The van der Waals surface area contributed by atoms with Crippen LogP contribution in [0.5, 0.6) is 5.75 Å². The van der Waals surface area contributed by atoms with Crippen LogP contribution in [0.25, 0.3) is 11.1 Å². The van der Waals surface area contributed by atoms with E-state index in [0.717, 1.165) is 42.9 Å². The second kappa shape index (κ2) is 7.57. The average molecular weight is 312 g/mol. The first-order chi connectivity index (χ1) is 11.3. The van der Waals surface area contributed by atoms with E-state index in [1.807, 2.05) is 12.3 Å². The Labute approximate surface area is 137 Å². The summed E-state index contributed by atoms with van der Waals surface area (Å²) in [4.78, 5) is 6.61. The molecule has 3 rings (SSSR count). The molecule has 0 aliphatic carbocycles. The molecule has 2 heterocycles. The molecule has 1 N–H and O–H groups in total. The molecule has 4 nitrogen and oxygen atoms in total. The summed E-state index contributed by atoms with van der Waals surface area (Å²) in [5.74, 6) is 0.826. The predicted molar refractivity (Wildman–Crippen MR) is 91.6 cm³/mol. The number of benzene rings is 1. The highest BCUT2D eigenvalue weighted by Crippen LogP contribution is 2.24. The Kier molecular flexibility index (Phi) is 5.26. The van der Waals surface area contributed by atoms with Gasteiger partial charge in [-0.1, -0.05) is 24.3 Å². The Morgan fingerprint density at radius 2 is 2.04 bits per heavy atom. The van der Waals surface area contributed by atoms with Gasteiger partial charge in [0.15, 0.2) is 0 Å². The summed E-state index contributed by atoms with van der Waals surface area (Å²) in [7, 11) is 2.13. The van der Waals surface area contributed by atoms with Gasteiger partial charge in [0, 0.05) is 24.4 Å². The summed E-state index contributed by atoms with van der Waals surface area (Å²) in [6.07, 6.45) is 6.56. The number of aromatic nitrogens is 1. The molecular formula is C19H24N2O2. The monoisotopic (exact) mass is 312 g/mol. The Bertz CT molecular complexity index is 628. The quantitative estimate of drug-likeness (QED) is 0.854. The largest absolute Gasteiger partial charge is 0.490 e. The molecule has 0 spiro atoms. The lowest BCUT2D eigenvalue weighted by atomic mass is 10.0. The normalized spacial score (nSPS) is 17.7. The minimum Gasteiger partial charge on any atom is -0.490 e. The van der Waals surface area contributed by atoms with E-state index in [-0.39, 0.29) is 6.61 Å². The summed E-state index contributed by atoms with van der Waals surface area (Å²) in [6.45, 7) is 2.12. The summed E-state index contributed by atoms with van der Waals surface area (Å²) in [5, 5.41) is 8.89. The Morgan fingerprint density at radius 3 is 2.70 bits per heavy atom. The van der Waals surface area contributed by atoms with Gasteiger partial charge in [-0.3, -0.25) is 9.88 Å². The molecule has 0 saturated carbocycles. The van der Waals surface area contributed by atoms with Crippen LogP contribution in [0.3, 0.4) is 0 Å². The van der Waals surface area contributed by atoms with E-state index in [1.165, 1.54) is 12.0 Å². The number of hydrogen-bond donors (Lipinski definition) is 1. The van der Waals surface area contributed by atoms with E-state index in [9.17, 15) is 0 Å². The number of likely N-dealkylation sites (N-methyl/N-ethyl adjacent to an activating group) is 1. The van der Waals surface area contributed by atoms with Gasteiger partial charge in [-0.25, -0.2) is 0 Å². The number of pyridine rings is 1. The predicted octanol–water partition coefficient (Wildman–Crippen LogP) is 2.76. The number of likely N-dealkylation sites (tertiary alicyclic amines) is 1. The maximum Gasteiger partial charge on any atom is 0.138 e. The molecule has 1 atom stereocenters. The third-order valence-electron chi connectivity index (χ3n) is 4.50. The highest BCUT2D eigenvalue weighted by atomic mass is 16.5. The zero-order valence-corrected chi connectivity index (χ0v) is 13.6. The zero-order valence-electron chi connectivity index (χ0n) is 13.6. The van der Waals surface area contributed by atoms with Crippen LogP contribution in [0.4, 0.5) is 0 Å².